The van der Waals surface area contributed by atoms with Gasteiger partial charge in [-0.3, -0.25) is 0 Å². The number of alkyl halides is 2. The summed E-state index contributed by atoms with van der Waals surface area (Å²) < 4.78 is 25.3. The Hall–Kier alpha value is -0.180. The van der Waals surface area contributed by atoms with E-state index in [1.54, 1.807) is 0 Å². The summed E-state index contributed by atoms with van der Waals surface area (Å²) in [7, 11) is 0. The Morgan fingerprint density at radius 3 is 2.33 bits per heavy atom. The van der Waals surface area contributed by atoms with Crippen molar-refractivity contribution in [1.82, 2.24) is 4.90 Å². The highest BCUT2D eigenvalue weighted by atomic mass is 19.3. The zero-order chi connectivity index (χ0) is 9.03. The molecule has 0 aromatic heterocycles. The second-order valence-corrected chi connectivity index (χ2v) is 3.55. The molecule has 0 aromatic carbocycles. The lowest BCUT2D eigenvalue weighted by atomic mass is 10.1. The summed E-state index contributed by atoms with van der Waals surface area (Å²) in [6.45, 7) is 4.27. The molecule has 0 saturated carbocycles. The van der Waals surface area contributed by atoms with Crippen molar-refractivity contribution < 1.29 is 8.78 Å². The normalized spacial score (nSPS) is 24.2. The molecule has 0 bridgehead atoms. The second kappa shape index (κ2) is 4.17. The number of hydrogen-bond donors (Lipinski definition) is 0. The summed E-state index contributed by atoms with van der Waals surface area (Å²) in [6.07, 6.45) is 2.38. The highest BCUT2D eigenvalue weighted by molar-refractivity contribution is 4.77. The molecule has 0 spiro atoms. The third kappa shape index (κ3) is 3.05. The monoisotopic (exact) mass is 177 g/mol. The number of piperidine rings is 1. The maximum atomic E-state index is 12.7. The largest absolute Gasteiger partial charge is 0.303 e. The molecular weight excluding hydrogens is 160 g/mol. The Morgan fingerprint density at radius 1 is 1.25 bits per heavy atom. The van der Waals surface area contributed by atoms with E-state index in [0.717, 1.165) is 19.4 Å². The molecule has 12 heavy (non-hydrogen) atoms. The zero-order valence-electron chi connectivity index (χ0n) is 7.65. The molecule has 72 valence electrons. The molecule has 1 nitrogen and oxygen atoms in total. The average Bonchev–Trinajstić information content (AvgIpc) is 2.03. The molecule has 1 aliphatic heterocycles. The van der Waals surface area contributed by atoms with Gasteiger partial charge >= 0.3 is 0 Å². The van der Waals surface area contributed by atoms with Crippen LogP contribution in [0.3, 0.4) is 0 Å². The van der Waals surface area contributed by atoms with Crippen LogP contribution in [0.2, 0.25) is 0 Å². The van der Waals surface area contributed by atoms with E-state index in [1.165, 1.54) is 0 Å². The molecule has 1 heterocycles. The van der Waals surface area contributed by atoms with Gasteiger partial charge in [-0.05, 0) is 13.0 Å². The minimum absolute atomic E-state index is 0.0523. The fourth-order valence-electron chi connectivity index (χ4n) is 1.49. The van der Waals surface area contributed by atoms with Gasteiger partial charge in [0, 0.05) is 25.9 Å². The molecule has 1 aliphatic rings. The first-order valence-electron chi connectivity index (χ1n) is 4.74. The smallest absolute Gasteiger partial charge is 0.250 e. The third-order valence-corrected chi connectivity index (χ3v) is 2.42. The molecule has 0 aromatic rings. The molecule has 0 radical (unpaired) electrons. The van der Waals surface area contributed by atoms with Crippen LogP contribution in [0.5, 0.6) is 0 Å². The molecule has 1 rings (SSSR count). The molecule has 0 atom stereocenters. The first-order chi connectivity index (χ1) is 5.64. The van der Waals surface area contributed by atoms with Crippen molar-refractivity contribution in [3.05, 3.63) is 0 Å². The lowest BCUT2D eigenvalue weighted by molar-refractivity contribution is -0.0551. The van der Waals surface area contributed by atoms with Gasteiger partial charge in [-0.2, -0.15) is 0 Å². The summed E-state index contributed by atoms with van der Waals surface area (Å²) in [6, 6.07) is 0. The Labute approximate surface area is 72.7 Å². The molecule has 1 fully saturated rings. The van der Waals surface area contributed by atoms with Gasteiger partial charge in [0.1, 0.15) is 0 Å². The van der Waals surface area contributed by atoms with E-state index in [1.807, 2.05) is 0 Å². The van der Waals surface area contributed by atoms with E-state index in [9.17, 15) is 8.78 Å². The van der Waals surface area contributed by atoms with Gasteiger partial charge in [0.2, 0.25) is 0 Å². The molecule has 0 N–H and O–H groups in total. The quantitative estimate of drug-likeness (QED) is 0.640. The number of unbranched alkanes of at least 4 members (excludes halogenated alkanes) is 1. The van der Waals surface area contributed by atoms with E-state index in [-0.39, 0.29) is 12.8 Å². The van der Waals surface area contributed by atoms with Crippen molar-refractivity contribution in [2.45, 2.75) is 38.5 Å². The minimum atomic E-state index is -2.39. The van der Waals surface area contributed by atoms with Crippen molar-refractivity contribution in [1.29, 1.82) is 0 Å². The average molecular weight is 177 g/mol. The lowest BCUT2D eigenvalue weighted by Gasteiger charge is -2.31. The summed E-state index contributed by atoms with van der Waals surface area (Å²) in [4.78, 5) is 2.14. The fraction of sp³-hybridized carbons (Fsp3) is 1.00. The van der Waals surface area contributed by atoms with Gasteiger partial charge in [-0.15, -0.1) is 0 Å². The van der Waals surface area contributed by atoms with E-state index >= 15 is 0 Å². The van der Waals surface area contributed by atoms with Crippen molar-refractivity contribution in [3.8, 4) is 0 Å². The number of rotatable bonds is 3. The first-order valence-corrected chi connectivity index (χ1v) is 4.74. The molecule has 3 heteroatoms. The second-order valence-electron chi connectivity index (χ2n) is 3.55. The standard InChI is InChI=1S/C9H17F2N/c1-2-3-6-12-7-4-9(10,11)5-8-12/h2-8H2,1H3. The molecule has 0 aliphatic carbocycles. The predicted molar refractivity (Wildman–Crippen MR) is 45.5 cm³/mol. The van der Waals surface area contributed by atoms with Crippen molar-refractivity contribution >= 4 is 0 Å². The zero-order valence-corrected chi connectivity index (χ0v) is 7.65. The fourth-order valence-corrected chi connectivity index (χ4v) is 1.49. The number of halogens is 2. The Bertz CT molecular complexity index is 126. The lowest BCUT2D eigenvalue weighted by Crippen LogP contribution is -2.39. The molecule has 1 saturated heterocycles. The number of nitrogens with zero attached hydrogens (tertiary/aromatic N) is 1. The van der Waals surface area contributed by atoms with Gasteiger partial charge in [-0.25, -0.2) is 8.78 Å². The van der Waals surface area contributed by atoms with Crippen LogP contribution >= 0.6 is 0 Å². The van der Waals surface area contributed by atoms with Crippen LogP contribution in [0.1, 0.15) is 32.6 Å². The van der Waals surface area contributed by atoms with Crippen molar-refractivity contribution in [3.63, 3.8) is 0 Å². The summed E-state index contributed by atoms with van der Waals surface area (Å²) in [5.41, 5.74) is 0. The highest BCUT2D eigenvalue weighted by Crippen LogP contribution is 2.27. The van der Waals surface area contributed by atoms with Crippen molar-refractivity contribution in [2.75, 3.05) is 19.6 Å². The van der Waals surface area contributed by atoms with Crippen LogP contribution < -0.4 is 0 Å². The van der Waals surface area contributed by atoms with Crippen LogP contribution in [0.4, 0.5) is 8.78 Å². The van der Waals surface area contributed by atoms with E-state index in [0.29, 0.717) is 13.1 Å². The molecular formula is C9H17F2N. The van der Waals surface area contributed by atoms with Gasteiger partial charge < -0.3 is 4.90 Å². The topological polar surface area (TPSA) is 3.24 Å². The third-order valence-electron chi connectivity index (χ3n) is 2.42. The van der Waals surface area contributed by atoms with Crippen LogP contribution in [0, 0.1) is 0 Å². The predicted octanol–water partition coefficient (Wildman–Crippen LogP) is 2.52. The molecule has 0 unspecified atom stereocenters. The van der Waals surface area contributed by atoms with Crippen LogP contribution in [-0.2, 0) is 0 Å². The molecule has 0 amide bonds. The van der Waals surface area contributed by atoms with Gasteiger partial charge in [-0.1, -0.05) is 13.3 Å². The van der Waals surface area contributed by atoms with Crippen LogP contribution in [0.15, 0.2) is 0 Å². The van der Waals surface area contributed by atoms with Gasteiger partial charge in [0.05, 0.1) is 0 Å². The minimum Gasteiger partial charge on any atom is -0.303 e. The summed E-state index contributed by atoms with van der Waals surface area (Å²) in [5.74, 6) is -2.39. The number of hydrogen-bond acceptors (Lipinski definition) is 1. The Kier molecular flexibility index (Phi) is 3.44. The highest BCUT2D eigenvalue weighted by Gasteiger charge is 2.33. The summed E-state index contributed by atoms with van der Waals surface area (Å²) in [5, 5.41) is 0. The number of likely N-dealkylation sites (tertiary alicyclic amines) is 1. The van der Waals surface area contributed by atoms with E-state index in [2.05, 4.69) is 11.8 Å². The first kappa shape index (κ1) is 9.90. The van der Waals surface area contributed by atoms with Crippen LogP contribution in [0.25, 0.3) is 0 Å². The van der Waals surface area contributed by atoms with E-state index in [4.69, 9.17) is 0 Å². The summed E-state index contributed by atoms with van der Waals surface area (Å²) >= 11 is 0. The van der Waals surface area contributed by atoms with E-state index < -0.39 is 5.92 Å². The van der Waals surface area contributed by atoms with Crippen molar-refractivity contribution in [2.24, 2.45) is 0 Å². The maximum absolute atomic E-state index is 12.7. The Morgan fingerprint density at radius 2 is 1.83 bits per heavy atom. The van der Waals surface area contributed by atoms with Crippen LogP contribution in [-0.4, -0.2) is 30.5 Å². The van der Waals surface area contributed by atoms with Gasteiger partial charge in [0.25, 0.3) is 5.92 Å². The Balaban J connectivity index is 2.18. The maximum Gasteiger partial charge on any atom is 0.250 e. The van der Waals surface area contributed by atoms with Gasteiger partial charge in [0.15, 0.2) is 0 Å². The SMILES string of the molecule is CCCCN1CCC(F)(F)CC1.